The minimum atomic E-state index is -1.11. The largest absolute Gasteiger partial charge is 0.478 e. The Bertz CT molecular complexity index is 1510. The average molecular weight is 682 g/mol. The predicted octanol–water partition coefficient (Wildman–Crippen LogP) is 8.23. The van der Waals surface area contributed by atoms with Gasteiger partial charge in [0.05, 0.1) is 11.3 Å². The molecule has 0 bridgehead atoms. The Hall–Kier alpha value is -3.69. The number of carboxylic acid groups (broad SMARTS) is 1. The summed E-state index contributed by atoms with van der Waals surface area (Å²) >= 11 is 8.00. The average Bonchev–Trinajstić information content (AvgIpc) is 2.93. The molecule has 0 radical (unpaired) electrons. The van der Waals surface area contributed by atoms with Crippen molar-refractivity contribution in [3.05, 3.63) is 128 Å². The van der Waals surface area contributed by atoms with Gasteiger partial charge < -0.3 is 14.6 Å². The molecule has 4 aromatic rings. The number of aromatic carboxylic acids is 1. The van der Waals surface area contributed by atoms with E-state index in [0.717, 1.165) is 11.1 Å². The first-order valence-corrected chi connectivity index (χ1v) is 14.4. The van der Waals surface area contributed by atoms with Gasteiger partial charge in [0.1, 0.15) is 17.1 Å². The highest BCUT2D eigenvalue weighted by Crippen LogP contribution is 2.31. The molecule has 0 amide bonds. The number of carboxylic acids is 1. The summed E-state index contributed by atoms with van der Waals surface area (Å²) in [7, 11) is 0. The fraction of sp³-hybridized carbons (Fsp3) is 0.182. The molecule has 0 saturated carbocycles. The number of hydrogen-bond donors (Lipinski definition) is 1. The zero-order valence-electron chi connectivity index (χ0n) is 22.8. The summed E-state index contributed by atoms with van der Waals surface area (Å²) in [6.07, 6.45) is 0.0917. The van der Waals surface area contributed by atoms with Gasteiger partial charge in [-0.05, 0) is 85.3 Å². The molecule has 0 aliphatic rings. The van der Waals surface area contributed by atoms with E-state index in [4.69, 9.17) is 26.1 Å². The smallest absolute Gasteiger partial charge is 0.336 e. The summed E-state index contributed by atoms with van der Waals surface area (Å²) in [6, 6.07) is 28.2. The van der Waals surface area contributed by atoms with Gasteiger partial charge in [-0.2, -0.15) is 0 Å². The first kappa shape index (κ1) is 30.3. The van der Waals surface area contributed by atoms with Gasteiger partial charge in [0.25, 0.3) is 0 Å². The van der Waals surface area contributed by atoms with Crippen molar-refractivity contribution in [3.8, 4) is 11.5 Å². The molecule has 4 aromatic carbocycles. The van der Waals surface area contributed by atoms with Gasteiger partial charge in [0.15, 0.2) is 6.04 Å². The SMILES string of the molecule is CC(C)(C)OC(=O)C(Cc1cc(Oc2ccc(Cl)cc2)cc(C(=O)O)c1I)N=C(c1ccccc1)c1ccccc1. The number of nitrogens with zero attached hydrogens (tertiary/aromatic N) is 1. The van der Waals surface area contributed by atoms with Gasteiger partial charge in [-0.15, -0.1) is 0 Å². The van der Waals surface area contributed by atoms with Crippen LogP contribution in [0.5, 0.6) is 11.5 Å². The maximum atomic E-state index is 13.6. The van der Waals surface area contributed by atoms with E-state index in [1.54, 1.807) is 51.1 Å². The Morgan fingerprint density at radius 1 is 0.878 bits per heavy atom. The van der Waals surface area contributed by atoms with Crippen molar-refractivity contribution < 1.29 is 24.2 Å². The van der Waals surface area contributed by atoms with Crippen molar-refractivity contribution in [2.45, 2.75) is 38.8 Å². The van der Waals surface area contributed by atoms with E-state index >= 15 is 0 Å². The zero-order valence-corrected chi connectivity index (χ0v) is 25.7. The summed E-state index contributed by atoms with van der Waals surface area (Å²) in [6.45, 7) is 5.40. The number of carbonyl (C=O) groups is 2. The third-order valence-electron chi connectivity index (χ3n) is 5.87. The summed E-state index contributed by atoms with van der Waals surface area (Å²) in [5, 5.41) is 10.5. The van der Waals surface area contributed by atoms with Crippen molar-refractivity contribution >= 4 is 51.8 Å². The molecule has 1 N–H and O–H groups in total. The first-order chi connectivity index (χ1) is 19.5. The fourth-order valence-corrected chi connectivity index (χ4v) is 4.97. The molecule has 0 heterocycles. The predicted molar refractivity (Wildman–Crippen MR) is 170 cm³/mol. The molecular formula is C33H29ClINO5. The van der Waals surface area contributed by atoms with Crippen LogP contribution >= 0.6 is 34.2 Å². The molecule has 0 fully saturated rings. The van der Waals surface area contributed by atoms with Crippen molar-refractivity contribution in [1.82, 2.24) is 0 Å². The van der Waals surface area contributed by atoms with Gasteiger partial charge >= 0.3 is 11.9 Å². The van der Waals surface area contributed by atoms with Crippen LogP contribution in [0, 0.1) is 3.57 Å². The summed E-state index contributed by atoms with van der Waals surface area (Å²) in [5.41, 5.74) is 2.22. The number of benzene rings is 4. The number of rotatable bonds is 9. The second kappa shape index (κ2) is 13.3. The first-order valence-electron chi connectivity index (χ1n) is 12.9. The Labute approximate surface area is 258 Å². The van der Waals surface area contributed by atoms with Crippen LogP contribution in [0.3, 0.4) is 0 Å². The standard InChI is InChI=1S/C33H29ClINO5/c1-33(2,3)41-32(39)28(36-30(21-10-6-4-7-11-21)22-12-8-5-9-13-22)19-23-18-26(20-27(29(23)35)31(37)38)40-25-16-14-24(34)15-17-25/h4-18,20,28H,19H2,1-3H3,(H,37,38). The highest BCUT2D eigenvalue weighted by Gasteiger charge is 2.28. The van der Waals surface area contributed by atoms with E-state index in [0.29, 0.717) is 31.4 Å². The van der Waals surface area contributed by atoms with E-state index in [1.165, 1.54) is 6.07 Å². The molecule has 0 aliphatic carbocycles. The van der Waals surface area contributed by atoms with Gasteiger partial charge in [-0.3, -0.25) is 4.99 Å². The molecule has 0 aromatic heterocycles. The Morgan fingerprint density at radius 2 is 1.44 bits per heavy atom. The molecule has 1 atom stereocenters. The Morgan fingerprint density at radius 3 is 1.95 bits per heavy atom. The van der Waals surface area contributed by atoms with E-state index in [9.17, 15) is 14.7 Å². The summed E-state index contributed by atoms with van der Waals surface area (Å²) in [4.78, 5) is 30.8. The minimum Gasteiger partial charge on any atom is -0.478 e. The van der Waals surface area contributed by atoms with Crippen LogP contribution in [-0.2, 0) is 16.0 Å². The Balaban J connectivity index is 1.82. The second-order valence-corrected chi connectivity index (χ2v) is 11.8. The van der Waals surface area contributed by atoms with Crippen molar-refractivity contribution in [3.63, 3.8) is 0 Å². The van der Waals surface area contributed by atoms with Crippen LogP contribution in [0.25, 0.3) is 0 Å². The van der Waals surface area contributed by atoms with E-state index in [2.05, 4.69) is 0 Å². The van der Waals surface area contributed by atoms with Crippen molar-refractivity contribution in [2.24, 2.45) is 4.99 Å². The molecule has 6 nitrogen and oxygen atoms in total. The summed E-state index contributed by atoms with van der Waals surface area (Å²) in [5.74, 6) is -0.809. The van der Waals surface area contributed by atoms with Crippen LogP contribution < -0.4 is 4.74 Å². The highest BCUT2D eigenvalue weighted by atomic mass is 127. The lowest BCUT2D eigenvalue weighted by atomic mass is 9.99. The third kappa shape index (κ3) is 8.41. The van der Waals surface area contributed by atoms with E-state index in [1.807, 2.05) is 83.3 Å². The molecule has 1 unspecified atom stereocenters. The van der Waals surface area contributed by atoms with Crippen molar-refractivity contribution in [2.75, 3.05) is 0 Å². The molecule has 41 heavy (non-hydrogen) atoms. The van der Waals surface area contributed by atoms with Crippen LogP contribution in [0.4, 0.5) is 0 Å². The lowest BCUT2D eigenvalue weighted by Gasteiger charge is -2.24. The van der Waals surface area contributed by atoms with Crippen LogP contribution in [0.2, 0.25) is 5.02 Å². The second-order valence-electron chi connectivity index (χ2n) is 10.3. The van der Waals surface area contributed by atoms with Gasteiger partial charge in [0, 0.05) is 26.1 Å². The lowest BCUT2D eigenvalue weighted by molar-refractivity contribution is -0.156. The Kier molecular flexibility index (Phi) is 9.83. The topological polar surface area (TPSA) is 85.2 Å². The maximum absolute atomic E-state index is 13.6. The fourth-order valence-electron chi connectivity index (χ4n) is 4.08. The highest BCUT2D eigenvalue weighted by molar-refractivity contribution is 14.1. The maximum Gasteiger partial charge on any atom is 0.336 e. The monoisotopic (exact) mass is 681 g/mol. The zero-order chi connectivity index (χ0) is 29.6. The number of carbonyl (C=O) groups excluding carboxylic acids is 1. The van der Waals surface area contributed by atoms with Crippen molar-refractivity contribution in [1.29, 1.82) is 0 Å². The van der Waals surface area contributed by atoms with Crippen LogP contribution in [0.1, 0.15) is 47.8 Å². The lowest BCUT2D eigenvalue weighted by Crippen LogP contribution is -2.33. The molecule has 210 valence electrons. The van der Waals surface area contributed by atoms with E-state index < -0.39 is 23.6 Å². The summed E-state index contributed by atoms with van der Waals surface area (Å²) < 4.78 is 12.3. The third-order valence-corrected chi connectivity index (χ3v) is 7.40. The molecule has 0 aliphatic heterocycles. The van der Waals surface area contributed by atoms with Gasteiger partial charge in [0.2, 0.25) is 0 Å². The number of esters is 1. The van der Waals surface area contributed by atoms with Crippen LogP contribution in [-0.4, -0.2) is 34.4 Å². The van der Waals surface area contributed by atoms with E-state index in [-0.39, 0.29) is 12.0 Å². The number of ether oxygens (including phenoxy) is 2. The number of hydrogen-bond acceptors (Lipinski definition) is 5. The van der Waals surface area contributed by atoms with Gasteiger partial charge in [-0.25, -0.2) is 9.59 Å². The van der Waals surface area contributed by atoms with Gasteiger partial charge in [-0.1, -0.05) is 72.3 Å². The molecule has 0 saturated heterocycles. The quantitative estimate of drug-likeness (QED) is 0.109. The van der Waals surface area contributed by atoms with Crippen LogP contribution in [0.15, 0.2) is 102 Å². The minimum absolute atomic E-state index is 0.0605. The molecular weight excluding hydrogens is 653 g/mol. The number of halogens is 2. The molecule has 8 heteroatoms. The molecule has 0 spiro atoms. The number of aliphatic imine (C=N–C) groups is 1. The molecule has 4 rings (SSSR count). The normalized spacial score (nSPS) is 11.8.